The average molecular weight is 429 g/mol. The summed E-state index contributed by atoms with van der Waals surface area (Å²) in [4.78, 5) is 9.62. The second kappa shape index (κ2) is 7.06. The van der Waals surface area contributed by atoms with Crippen molar-refractivity contribution in [2.75, 3.05) is 29.5 Å². The Hall–Kier alpha value is -2.98. The van der Waals surface area contributed by atoms with Crippen molar-refractivity contribution in [1.29, 1.82) is 0 Å². The molecule has 5 nitrogen and oxygen atoms in total. The second-order valence-electron chi connectivity index (χ2n) is 7.12. The molecule has 11 heteroatoms. The molecule has 1 saturated heterocycles. The van der Waals surface area contributed by atoms with Gasteiger partial charge < -0.3 is 9.91 Å². The van der Waals surface area contributed by atoms with Crippen LogP contribution in [0.2, 0.25) is 0 Å². The van der Waals surface area contributed by atoms with Crippen molar-refractivity contribution in [2.24, 2.45) is 0 Å². The number of benzene rings is 1. The molecule has 0 aliphatic carbocycles. The van der Waals surface area contributed by atoms with Crippen LogP contribution in [0, 0.1) is 0 Å². The van der Waals surface area contributed by atoms with Crippen molar-refractivity contribution < 1.29 is 26.3 Å². The molecule has 2 aromatic heterocycles. The smallest absolute Gasteiger partial charge is 0.352 e. The highest BCUT2D eigenvalue weighted by Crippen LogP contribution is 2.36. The van der Waals surface area contributed by atoms with Crippen molar-refractivity contribution in [3.63, 3.8) is 0 Å². The largest absolute Gasteiger partial charge is 0.419 e. The van der Waals surface area contributed by atoms with Gasteiger partial charge in [-0.3, -0.25) is 0 Å². The van der Waals surface area contributed by atoms with E-state index in [-0.39, 0.29) is 31.5 Å². The van der Waals surface area contributed by atoms with Gasteiger partial charge in [-0.15, -0.1) is 0 Å². The Bertz CT molecular complexity index is 1060. The maximum absolute atomic E-state index is 13.3. The van der Waals surface area contributed by atoms with E-state index in [1.165, 1.54) is 29.3 Å². The van der Waals surface area contributed by atoms with Gasteiger partial charge in [0.2, 0.25) is 0 Å². The first-order chi connectivity index (χ1) is 14.1. The third-order valence-corrected chi connectivity index (χ3v) is 5.12. The molecule has 1 atom stereocenters. The zero-order chi connectivity index (χ0) is 21.7. The van der Waals surface area contributed by atoms with Gasteiger partial charge in [-0.05, 0) is 37.3 Å². The molecule has 30 heavy (non-hydrogen) atoms. The van der Waals surface area contributed by atoms with Gasteiger partial charge in [-0.25, -0.2) is 14.6 Å². The van der Waals surface area contributed by atoms with Crippen LogP contribution in [-0.2, 0) is 12.4 Å². The molecule has 0 unspecified atom stereocenters. The maximum atomic E-state index is 13.3. The number of imidazole rings is 1. The van der Waals surface area contributed by atoms with E-state index in [0.29, 0.717) is 11.0 Å². The lowest BCUT2D eigenvalue weighted by Gasteiger charge is -2.42. The molecule has 160 valence electrons. The van der Waals surface area contributed by atoms with E-state index in [1.807, 2.05) is 0 Å². The van der Waals surface area contributed by atoms with E-state index in [1.54, 1.807) is 16.8 Å². The molecule has 0 bridgehead atoms. The van der Waals surface area contributed by atoms with Crippen molar-refractivity contribution in [1.82, 2.24) is 14.6 Å². The number of fused-ring (bicyclic) bond motifs is 1. The van der Waals surface area contributed by atoms with Gasteiger partial charge in [0.05, 0.1) is 34.7 Å². The number of pyridine rings is 1. The van der Waals surface area contributed by atoms with Crippen LogP contribution >= 0.6 is 0 Å². The van der Waals surface area contributed by atoms with E-state index in [9.17, 15) is 26.3 Å². The fourth-order valence-electron chi connectivity index (χ4n) is 3.71. The van der Waals surface area contributed by atoms with Gasteiger partial charge in [0, 0.05) is 19.3 Å². The molecule has 3 aromatic rings. The number of aromatic nitrogens is 3. The number of piperazine rings is 1. The molecule has 0 spiro atoms. The lowest BCUT2D eigenvalue weighted by molar-refractivity contribution is -0.138. The minimum absolute atomic E-state index is 0.147. The zero-order valence-electron chi connectivity index (χ0n) is 15.7. The first kappa shape index (κ1) is 20.3. The molecule has 0 N–H and O–H groups in total. The van der Waals surface area contributed by atoms with Gasteiger partial charge in [-0.2, -0.15) is 26.3 Å². The number of alkyl halides is 6. The first-order valence-electron chi connectivity index (χ1n) is 9.14. The summed E-state index contributed by atoms with van der Waals surface area (Å²) in [7, 11) is 0. The Labute approximate surface area is 167 Å². The predicted octanol–water partition coefficient (Wildman–Crippen LogP) is 4.32. The van der Waals surface area contributed by atoms with Crippen molar-refractivity contribution in [2.45, 2.75) is 25.3 Å². The monoisotopic (exact) mass is 429 g/mol. The standard InChI is InChI=1S/C19H17F6N5/c1-12-10-28(17-14(19(23,24)25)3-2-6-26-17)7-8-29(12)30-11-27-15-5-4-13(9-16(15)30)18(20,21)22/h2-6,9,11-12H,7-8,10H2,1H3/t12-/m1/s1. The SMILES string of the molecule is C[C@@H]1CN(c2ncccc2C(F)(F)F)CCN1n1cnc2ccc(C(F)(F)F)cc21. The first-order valence-corrected chi connectivity index (χ1v) is 9.14. The number of halogens is 6. The van der Waals surface area contributed by atoms with Crippen LogP contribution in [0.1, 0.15) is 18.1 Å². The summed E-state index contributed by atoms with van der Waals surface area (Å²) in [5.41, 5.74) is -0.902. The maximum Gasteiger partial charge on any atom is 0.419 e. The molecule has 1 aliphatic rings. The molecule has 0 saturated carbocycles. The molecule has 1 fully saturated rings. The van der Waals surface area contributed by atoms with Crippen LogP contribution in [0.15, 0.2) is 42.9 Å². The fourth-order valence-corrected chi connectivity index (χ4v) is 3.71. The highest BCUT2D eigenvalue weighted by Gasteiger charge is 2.37. The van der Waals surface area contributed by atoms with Gasteiger partial charge in [-0.1, -0.05) is 0 Å². The van der Waals surface area contributed by atoms with E-state index >= 15 is 0 Å². The third-order valence-electron chi connectivity index (χ3n) is 5.12. The number of anilines is 1. The van der Waals surface area contributed by atoms with Crippen LogP contribution in [0.25, 0.3) is 11.0 Å². The average Bonchev–Trinajstić information content (AvgIpc) is 3.09. The Morgan fingerprint density at radius 2 is 1.73 bits per heavy atom. The van der Waals surface area contributed by atoms with E-state index < -0.39 is 23.5 Å². The number of rotatable bonds is 2. The van der Waals surface area contributed by atoms with Crippen molar-refractivity contribution >= 4 is 16.9 Å². The van der Waals surface area contributed by atoms with E-state index in [0.717, 1.165) is 18.2 Å². The Morgan fingerprint density at radius 3 is 2.40 bits per heavy atom. The van der Waals surface area contributed by atoms with E-state index in [2.05, 4.69) is 9.97 Å². The zero-order valence-corrected chi connectivity index (χ0v) is 15.7. The molecular weight excluding hydrogens is 412 g/mol. The molecule has 1 aromatic carbocycles. The van der Waals surface area contributed by atoms with Gasteiger partial charge in [0.25, 0.3) is 0 Å². The van der Waals surface area contributed by atoms with E-state index in [4.69, 9.17) is 0 Å². The second-order valence-corrected chi connectivity index (χ2v) is 7.12. The quantitative estimate of drug-likeness (QED) is 0.569. The normalized spacial score (nSPS) is 18.3. The third kappa shape index (κ3) is 3.63. The summed E-state index contributed by atoms with van der Waals surface area (Å²) in [5.74, 6) is -0.147. The summed E-state index contributed by atoms with van der Waals surface area (Å²) < 4.78 is 80.8. The van der Waals surface area contributed by atoms with Crippen LogP contribution in [0.5, 0.6) is 0 Å². The summed E-state index contributed by atoms with van der Waals surface area (Å²) in [6.07, 6.45) is -6.28. The lowest BCUT2D eigenvalue weighted by Crippen LogP contribution is -2.56. The van der Waals surface area contributed by atoms with Crippen molar-refractivity contribution in [3.8, 4) is 0 Å². The van der Waals surface area contributed by atoms with Crippen LogP contribution in [0.3, 0.4) is 0 Å². The molecular formula is C19H17F6N5. The van der Waals surface area contributed by atoms with Gasteiger partial charge >= 0.3 is 12.4 Å². The minimum Gasteiger partial charge on any atom is -0.352 e. The van der Waals surface area contributed by atoms with Crippen LogP contribution in [-0.4, -0.2) is 40.3 Å². The lowest BCUT2D eigenvalue weighted by atomic mass is 10.1. The summed E-state index contributed by atoms with van der Waals surface area (Å²) in [6, 6.07) is 5.24. The van der Waals surface area contributed by atoms with Crippen molar-refractivity contribution in [3.05, 3.63) is 54.0 Å². The topological polar surface area (TPSA) is 37.2 Å². The fraction of sp³-hybridized carbons (Fsp3) is 0.368. The molecule has 1 aliphatic heterocycles. The van der Waals surface area contributed by atoms with Crippen LogP contribution in [0.4, 0.5) is 32.2 Å². The predicted molar refractivity (Wildman–Crippen MR) is 98.7 cm³/mol. The molecule has 0 amide bonds. The number of nitrogens with zero attached hydrogens (tertiary/aromatic N) is 5. The minimum atomic E-state index is -4.53. The molecule has 3 heterocycles. The Balaban J connectivity index is 1.62. The Morgan fingerprint density at radius 1 is 0.967 bits per heavy atom. The number of hydrogen-bond acceptors (Lipinski definition) is 4. The number of hydrogen-bond donors (Lipinski definition) is 0. The summed E-state index contributed by atoms with van der Waals surface area (Å²) >= 11 is 0. The molecule has 0 radical (unpaired) electrons. The summed E-state index contributed by atoms with van der Waals surface area (Å²) in [6.45, 7) is 2.53. The van der Waals surface area contributed by atoms with Crippen LogP contribution < -0.4 is 9.91 Å². The highest BCUT2D eigenvalue weighted by molar-refractivity contribution is 5.76. The Kier molecular flexibility index (Phi) is 4.78. The summed E-state index contributed by atoms with van der Waals surface area (Å²) in [5, 5.41) is 1.79. The van der Waals surface area contributed by atoms with Gasteiger partial charge in [0.15, 0.2) is 0 Å². The molecule has 4 rings (SSSR count). The highest BCUT2D eigenvalue weighted by atomic mass is 19.4. The van der Waals surface area contributed by atoms with Gasteiger partial charge in [0.1, 0.15) is 12.1 Å².